The van der Waals surface area contributed by atoms with Crippen LogP contribution in [0.1, 0.15) is 42.9 Å². The largest absolute Gasteiger partial charge is 0.489 e. The number of carbonyl (C=O) groups excluding carboxylic acids is 3. The number of benzene rings is 3. The van der Waals surface area contributed by atoms with Gasteiger partial charge in [0.1, 0.15) is 19.0 Å². The Kier molecular flexibility index (Phi) is 12.6. The molecule has 4 rings (SSSR count). The van der Waals surface area contributed by atoms with E-state index in [1.54, 1.807) is 6.92 Å². The van der Waals surface area contributed by atoms with Gasteiger partial charge in [-0.2, -0.15) is 0 Å². The van der Waals surface area contributed by atoms with Crippen LogP contribution in [0.2, 0.25) is 0 Å². The molecule has 0 saturated heterocycles. The Hall–Kier alpha value is -4.43. The molecule has 4 atom stereocenters. The molecule has 1 heterocycles. The zero-order valence-corrected chi connectivity index (χ0v) is 25.2. The third-order valence-corrected chi connectivity index (χ3v) is 7.58. The average Bonchev–Trinajstić information content (AvgIpc) is 3.04. The maximum atomic E-state index is 13.4. The number of aliphatic hydroxyl groups is 1. The van der Waals surface area contributed by atoms with Crippen molar-refractivity contribution in [3.63, 3.8) is 0 Å². The SMILES string of the molecule is C[C@H](CO)NC(=O)C[C@H]1CC=CC[C@H](Cc2ccccc2)C(=O)OC[C@H](Cc2ccc(OCc3ccccc3)cc2)NC1=O. The van der Waals surface area contributed by atoms with Crippen LogP contribution in [0.25, 0.3) is 0 Å². The Morgan fingerprint density at radius 1 is 0.886 bits per heavy atom. The number of allylic oxidation sites excluding steroid dienone is 2. The van der Waals surface area contributed by atoms with Gasteiger partial charge in [-0.3, -0.25) is 14.4 Å². The van der Waals surface area contributed by atoms with Crippen molar-refractivity contribution in [3.05, 3.63) is 114 Å². The molecule has 0 spiro atoms. The van der Waals surface area contributed by atoms with Crippen LogP contribution in [-0.4, -0.2) is 48.2 Å². The van der Waals surface area contributed by atoms with Gasteiger partial charge in [-0.25, -0.2) is 0 Å². The number of rotatable bonds is 11. The lowest BCUT2D eigenvalue weighted by Crippen LogP contribution is -2.45. The molecule has 0 aliphatic carbocycles. The fourth-order valence-corrected chi connectivity index (χ4v) is 5.09. The molecule has 0 fully saturated rings. The number of cyclic esters (lactones) is 1. The number of carbonyl (C=O) groups is 3. The normalized spacial score (nSPS) is 19.9. The third kappa shape index (κ3) is 10.7. The lowest BCUT2D eigenvalue weighted by atomic mass is 9.94. The summed E-state index contributed by atoms with van der Waals surface area (Å²) in [6.45, 7) is 1.98. The molecular formula is C36H42N2O6. The van der Waals surface area contributed by atoms with Crippen molar-refractivity contribution in [3.8, 4) is 5.75 Å². The van der Waals surface area contributed by atoms with Gasteiger partial charge in [-0.15, -0.1) is 0 Å². The van der Waals surface area contributed by atoms with E-state index in [2.05, 4.69) is 10.6 Å². The first-order valence-electron chi connectivity index (χ1n) is 15.2. The molecule has 44 heavy (non-hydrogen) atoms. The molecule has 0 unspecified atom stereocenters. The lowest BCUT2D eigenvalue weighted by Gasteiger charge is -2.24. The average molecular weight is 599 g/mol. The van der Waals surface area contributed by atoms with E-state index in [1.165, 1.54) is 0 Å². The number of aliphatic hydroxyl groups excluding tert-OH is 1. The second kappa shape index (κ2) is 17.0. The molecule has 1 aliphatic rings. The first kappa shape index (κ1) is 32.5. The number of nitrogens with one attached hydrogen (secondary N) is 2. The monoisotopic (exact) mass is 598 g/mol. The summed E-state index contributed by atoms with van der Waals surface area (Å²) in [5, 5.41) is 15.1. The van der Waals surface area contributed by atoms with E-state index in [-0.39, 0.29) is 43.3 Å². The molecule has 2 amide bonds. The van der Waals surface area contributed by atoms with Crippen LogP contribution in [-0.2, 0) is 38.6 Å². The van der Waals surface area contributed by atoms with Crippen LogP contribution in [0.15, 0.2) is 97.1 Å². The van der Waals surface area contributed by atoms with Crippen molar-refractivity contribution < 1.29 is 29.0 Å². The highest BCUT2D eigenvalue weighted by Crippen LogP contribution is 2.20. The Morgan fingerprint density at radius 2 is 1.50 bits per heavy atom. The summed E-state index contributed by atoms with van der Waals surface area (Å²) in [4.78, 5) is 39.3. The number of hydrogen-bond acceptors (Lipinski definition) is 6. The van der Waals surface area contributed by atoms with Crippen molar-refractivity contribution in [2.45, 2.75) is 57.7 Å². The summed E-state index contributed by atoms with van der Waals surface area (Å²) in [5.41, 5.74) is 3.06. The molecule has 3 aromatic rings. The van der Waals surface area contributed by atoms with Gasteiger partial charge in [0.05, 0.1) is 24.5 Å². The second-order valence-electron chi connectivity index (χ2n) is 11.3. The van der Waals surface area contributed by atoms with Crippen LogP contribution in [0.4, 0.5) is 0 Å². The van der Waals surface area contributed by atoms with Crippen molar-refractivity contribution in [2.24, 2.45) is 11.8 Å². The molecule has 0 bridgehead atoms. The zero-order valence-electron chi connectivity index (χ0n) is 25.2. The highest BCUT2D eigenvalue weighted by Gasteiger charge is 2.27. The van der Waals surface area contributed by atoms with E-state index >= 15 is 0 Å². The summed E-state index contributed by atoms with van der Waals surface area (Å²) >= 11 is 0. The summed E-state index contributed by atoms with van der Waals surface area (Å²) < 4.78 is 11.7. The Bertz CT molecular complexity index is 1360. The van der Waals surface area contributed by atoms with Gasteiger partial charge >= 0.3 is 5.97 Å². The highest BCUT2D eigenvalue weighted by atomic mass is 16.5. The Morgan fingerprint density at radius 3 is 2.16 bits per heavy atom. The topological polar surface area (TPSA) is 114 Å². The van der Waals surface area contributed by atoms with Gasteiger partial charge in [-0.1, -0.05) is 84.9 Å². The maximum Gasteiger partial charge on any atom is 0.309 e. The predicted molar refractivity (Wildman–Crippen MR) is 169 cm³/mol. The fraction of sp³-hybridized carbons (Fsp3) is 0.361. The minimum absolute atomic E-state index is 0.00625. The summed E-state index contributed by atoms with van der Waals surface area (Å²) in [6.07, 6.45) is 5.51. The predicted octanol–water partition coefficient (Wildman–Crippen LogP) is 4.55. The molecule has 0 aromatic heterocycles. The minimum atomic E-state index is -0.615. The van der Waals surface area contributed by atoms with Gasteiger partial charge in [0.15, 0.2) is 0 Å². The van der Waals surface area contributed by atoms with Crippen LogP contribution < -0.4 is 15.4 Å². The molecule has 3 N–H and O–H groups in total. The van der Waals surface area contributed by atoms with Crippen molar-refractivity contribution in [1.29, 1.82) is 0 Å². The molecule has 0 radical (unpaired) electrons. The Labute approximate surface area is 259 Å². The standard InChI is InChI=1S/C36H42N2O6/c1-26(23-39)37-34(40)22-30-14-8-9-15-31(20-27-10-4-2-5-11-27)36(42)44-25-32(38-35(30)41)21-28-16-18-33(19-17-28)43-24-29-12-6-3-7-13-29/h2-13,16-19,26,30-32,39H,14-15,20-25H2,1H3,(H,37,40)(H,38,41)/t26-,30-,31-,32+/m1/s1. The molecule has 232 valence electrons. The van der Waals surface area contributed by atoms with E-state index in [0.717, 1.165) is 22.4 Å². The van der Waals surface area contributed by atoms with E-state index in [0.29, 0.717) is 32.3 Å². The first-order valence-corrected chi connectivity index (χ1v) is 15.2. The van der Waals surface area contributed by atoms with Gasteiger partial charge < -0.3 is 25.2 Å². The molecular weight excluding hydrogens is 556 g/mol. The smallest absolute Gasteiger partial charge is 0.309 e. The maximum absolute atomic E-state index is 13.4. The number of hydrogen-bond donors (Lipinski definition) is 3. The fourth-order valence-electron chi connectivity index (χ4n) is 5.09. The second-order valence-corrected chi connectivity index (χ2v) is 11.3. The van der Waals surface area contributed by atoms with Crippen LogP contribution >= 0.6 is 0 Å². The summed E-state index contributed by atoms with van der Waals surface area (Å²) in [6, 6.07) is 26.5. The van der Waals surface area contributed by atoms with E-state index in [9.17, 15) is 19.5 Å². The molecule has 3 aromatic carbocycles. The number of ether oxygens (including phenoxy) is 2. The van der Waals surface area contributed by atoms with E-state index < -0.39 is 18.0 Å². The van der Waals surface area contributed by atoms with Gasteiger partial charge in [0, 0.05) is 12.5 Å². The van der Waals surface area contributed by atoms with Crippen molar-refractivity contribution in [1.82, 2.24) is 10.6 Å². The van der Waals surface area contributed by atoms with Crippen LogP contribution in [0.3, 0.4) is 0 Å². The van der Waals surface area contributed by atoms with E-state index in [4.69, 9.17) is 9.47 Å². The Balaban J connectivity index is 1.47. The van der Waals surface area contributed by atoms with Crippen LogP contribution in [0, 0.1) is 11.8 Å². The quantitative estimate of drug-likeness (QED) is 0.221. The summed E-state index contributed by atoms with van der Waals surface area (Å²) in [5.74, 6) is -1.16. The number of amides is 2. The minimum Gasteiger partial charge on any atom is -0.489 e. The first-order chi connectivity index (χ1) is 21.4. The van der Waals surface area contributed by atoms with Crippen LogP contribution in [0.5, 0.6) is 5.75 Å². The highest BCUT2D eigenvalue weighted by molar-refractivity contribution is 5.86. The van der Waals surface area contributed by atoms with Crippen molar-refractivity contribution >= 4 is 17.8 Å². The van der Waals surface area contributed by atoms with Gasteiger partial charge in [0.25, 0.3) is 0 Å². The summed E-state index contributed by atoms with van der Waals surface area (Å²) in [7, 11) is 0. The number of esters is 1. The van der Waals surface area contributed by atoms with E-state index in [1.807, 2.05) is 97.1 Å². The van der Waals surface area contributed by atoms with Gasteiger partial charge in [0.2, 0.25) is 11.8 Å². The molecule has 1 aliphatic heterocycles. The zero-order chi connectivity index (χ0) is 31.1. The van der Waals surface area contributed by atoms with Gasteiger partial charge in [-0.05, 0) is 61.4 Å². The molecule has 0 saturated carbocycles. The molecule has 8 heteroatoms. The lowest BCUT2D eigenvalue weighted by molar-refractivity contribution is -0.150. The van der Waals surface area contributed by atoms with Crippen molar-refractivity contribution in [2.75, 3.05) is 13.2 Å². The third-order valence-electron chi connectivity index (χ3n) is 7.58. The molecule has 8 nitrogen and oxygen atoms in total.